The van der Waals surface area contributed by atoms with Gasteiger partial charge in [-0.15, -0.1) is 0 Å². The van der Waals surface area contributed by atoms with Crippen molar-refractivity contribution >= 4 is 23.6 Å². The highest BCUT2D eigenvalue weighted by molar-refractivity contribution is 6.10. The summed E-state index contributed by atoms with van der Waals surface area (Å²) in [5, 5.41) is 15.0. The lowest BCUT2D eigenvalue weighted by Gasteiger charge is -2.13. The lowest BCUT2D eigenvalue weighted by Crippen LogP contribution is -2.30. The molecule has 0 heterocycles. The van der Waals surface area contributed by atoms with Gasteiger partial charge in [0, 0.05) is 22.9 Å². The van der Waals surface area contributed by atoms with Crippen molar-refractivity contribution in [2.75, 3.05) is 11.9 Å². The Morgan fingerprint density at radius 2 is 1.70 bits per heavy atom. The lowest BCUT2D eigenvalue weighted by molar-refractivity contribution is -0.113. The summed E-state index contributed by atoms with van der Waals surface area (Å²) in [6.07, 6.45) is 1.56. The van der Waals surface area contributed by atoms with Gasteiger partial charge in [0.15, 0.2) is 0 Å². The Kier molecular flexibility index (Phi) is 6.84. The molecule has 6 nitrogen and oxygen atoms in total. The molecule has 0 atom stereocenters. The van der Waals surface area contributed by atoms with Crippen LogP contribution in [-0.4, -0.2) is 23.5 Å². The molecule has 0 saturated carbocycles. The monoisotopic (exact) mass is 402 g/mol. The highest BCUT2D eigenvalue weighted by atomic mass is 16.5. The molecular weight excluding hydrogens is 380 g/mol. The molecule has 3 N–H and O–H groups in total. The van der Waals surface area contributed by atoms with E-state index in [2.05, 4.69) is 10.6 Å². The molecule has 0 bridgehead atoms. The van der Waals surface area contributed by atoms with Gasteiger partial charge in [0.2, 0.25) is 0 Å². The number of benzene rings is 3. The molecule has 0 saturated heterocycles. The van der Waals surface area contributed by atoms with Gasteiger partial charge >= 0.3 is 0 Å². The van der Waals surface area contributed by atoms with Gasteiger partial charge < -0.3 is 20.5 Å². The molecule has 3 rings (SSSR count). The smallest absolute Gasteiger partial charge is 0.272 e. The van der Waals surface area contributed by atoms with Crippen LogP contribution in [0.4, 0.5) is 5.69 Å². The van der Waals surface area contributed by atoms with E-state index in [0.29, 0.717) is 29.2 Å². The number of phenols is 1. The maximum atomic E-state index is 12.9. The maximum absolute atomic E-state index is 12.9. The molecule has 0 fully saturated rings. The molecule has 3 aromatic rings. The molecule has 0 radical (unpaired) electrons. The van der Waals surface area contributed by atoms with E-state index in [0.717, 1.165) is 0 Å². The van der Waals surface area contributed by atoms with Crippen LogP contribution >= 0.6 is 0 Å². The van der Waals surface area contributed by atoms with Crippen molar-refractivity contribution < 1.29 is 19.4 Å². The number of anilines is 1. The minimum Gasteiger partial charge on any atom is -0.508 e. The third-order valence-corrected chi connectivity index (χ3v) is 4.15. The normalized spacial score (nSPS) is 10.9. The second-order valence-electron chi connectivity index (χ2n) is 6.35. The number of phenolic OH excluding ortho intramolecular Hbond substituents is 1. The summed E-state index contributed by atoms with van der Waals surface area (Å²) in [6, 6.07) is 22.0. The third kappa shape index (κ3) is 5.48. The number of ether oxygens (including phenoxy) is 1. The summed E-state index contributed by atoms with van der Waals surface area (Å²) in [5.74, 6) is -0.331. The van der Waals surface area contributed by atoms with Gasteiger partial charge in [0.1, 0.15) is 17.2 Å². The predicted octanol–water partition coefficient (Wildman–Crippen LogP) is 4.20. The van der Waals surface area contributed by atoms with Gasteiger partial charge in [-0.1, -0.05) is 42.5 Å². The second kappa shape index (κ2) is 9.93. The average molecular weight is 402 g/mol. The van der Waals surface area contributed by atoms with Crippen LogP contribution in [0.3, 0.4) is 0 Å². The van der Waals surface area contributed by atoms with Crippen molar-refractivity contribution in [3.8, 4) is 11.5 Å². The lowest BCUT2D eigenvalue weighted by atomic mass is 10.1. The Morgan fingerprint density at radius 3 is 2.43 bits per heavy atom. The van der Waals surface area contributed by atoms with Gasteiger partial charge in [0.05, 0.1) is 6.61 Å². The number of carbonyl (C=O) groups excluding carboxylic acids is 2. The van der Waals surface area contributed by atoms with E-state index in [4.69, 9.17) is 4.74 Å². The number of hydrogen-bond acceptors (Lipinski definition) is 4. The molecule has 0 aliphatic rings. The highest BCUT2D eigenvalue weighted by Crippen LogP contribution is 2.22. The first-order chi connectivity index (χ1) is 14.6. The first-order valence-corrected chi connectivity index (χ1v) is 9.47. The molecular formula is C24H22N2O4. The third-order valence-electron chi connectivity index (χ3n) is 4.15. The van der Waals surface area contributed by atoms with Crippen LogP contribution in [0.25, 0.3) is 6.08 Å². The average Bonchev–Trinajstić information content (AvgIpc) is 2.75. The standard InChI is InChI=1S/C24H22N2O4/c1-2-30-22-14-7-6-11-18(22)15-21(26-23(28)17-9-4-3-5-10-17)24(29)25-19-12-8-13-20(27)16-19/h3-16,27H,2H2,1H3,(H,25,29)(H,26,28)/b21-15-. The number of amides is 2. The Balaban J connectivity index is 1.93. The van der Waals surface area contributed by atoms with E-state index < -0.39 is 11.8 Å². The van der Waals surface area contributed by atoms with Gasteiger partial charge in [-0.25, -0.2) is 0 Å². The van der Waals surface area contributed by atoms with Crippen molar-refractivity contribution in [3.63, 3.8) is 0 Å². The minimum absolute atomic E-state index is 0.0216. The SMILES string of the molecule is CCOc1ccccc1/C=C(\NC(=O)c1ccccc1)C(=O)Nc1cccc(O)c1. The number of carbonyl (C=O) groups is 2. The molecule has 0 aromatic heterocycles. The molecule has 6 heteroatoms. The molecule has 0 aliphatic heterocycles. The van der Waals surface area contributed by atoms with Crippen molar-refractivity contribution in [2.45, 2.75) is 6.92 Å². The predicted molar refractivity (Wildman–Crippen MR) is 116 cm³/mol. The van der Waals surface area contributed by atoms with Crippen molar-refractivity contribution in [1.29, 1.82) is 0 Å². The van der Waals surface area contributed by atoms with E-state index in [-0.39, 0.29) is 11.4 Å². The summed E-state index contributed by atoms with van der Waals surface area (Å²) in [6.45, 7) is 2.33. The molecule has 2 amide bonds. The number of aromatic hydroxyl groups is 1. The molecule has 0 aliphatic carbocycles. The summed E-state index contributed by atoms with van der Waals surface area (Å²) in [7, 11) is 0. The number of para-hydroxylation sites is 1. The fourth-order valence-electron chi connectivity index (χ4n) is 2.77. The summed E-state index contributed by atoms with van der Waals surface area (Å²) in [5.41, 5.74) is 1.51. The van der Waals surface area contributed by atoms with E-state index in [1.54, 1.807) is 60.7 Å². The first kappa shape index (κ1) is 20.7. The Hall–Kier alpha value is -4.06. The first-order valence-electron chi connectivity index (χ1n) is 9.47. The Bertz CT molecular complexity index is 1060. The molecule has 152 valence electrons. The molecule has 30 heavy (non-hydrogen) atoms. The highest BCUT2D eigenvalue weighted by Gasteiger charge is 2.16. The number of nitrogens with one attached hydrogen (secondary N) is 2. The van der Waals surface area contributed by atoms with E-state index in [9.17, 15) is 14.7 Å². The second-order valence-corrected chi connectivity index (χ2v) is 6.35. The summed E-state index contributed by atoms with van der Waals surface area (Å²) < 4.78 is 5.62. The van der Waals surface area contributed by atoms with E-state index >= 15 is 0 Å². The van der Waals surface area contributed by atoms with Crippen LogP contribution in [0, 0.1) is 0 Å². The maximum Gasteiger partial charge on any atom is 0.272 e. The molecule has 0 spiro atoms. The van der Waals surface area contributed by atoms with Crippen LogP contribution in [0.1, 0.15) is 22.8 Å². The van der Waals surface area contributed by atoms with Gasteiger partial charge in [-0.05, 0) is 43.3 Å². The van der Waals surface area contributed by atoms with Gasteiger partial charge in [-0.2, -0.15) is 0 Å². The zero-order valence-corrected chi connectivity index (χ0v) is 16.5. The van der Waals surface area contributed by atoms with Crippen LogP contribution in [0.5, 0.6) is 11.5 Å². The van der Waals surface area contributed by atoms with E-state index in [1.165, 1.54) is 12.1 Å². The van der Waals surface area contributed by atoms with Crippen LogP contribution in [-0.2, 0) is 4.79 Å². The van der Waals surface area contributed by atoms with Crippen LogP contribution in [0.2, 0.25) is 0 Å². The number of rotatable bonds is 7. The minimum atomic E-state index is -0.531. The van der Waals surface area contributed by atoms with Crippen LogP contribution in [0.15, 0.2) is 84.6 Å². The molecule has 3 aromatic carbocycles. The van der Waals surface area contributed by atoms with Gasteiger partial charge in [-0.3, -0.25) is 9.59 Å². The fourth-order valence-corrected chi connectivity index (χ4v) is 2.77. The van der Waals surface area contributed by atoms with Crippen molar-refractivity contribution in [1.82, 2.24) is 5.32 Å². The van der Waals surface area contributed by atoms with Crippen molar-refractivity contribution in [3.05, 3.63) is 95.7 Å². The topological polar surface area (TPSA) is 87.7 Å². The zero-order chi connectivity index (χ0) is 21.3. The van der Waals surface area contributed by atoms with Gasteiger partial charge in [0.25, 0.3) is 11.8 Å². The molecule has 0 unspecified atom stereocenters. The fraction of sp³-hybridized carbons (Fsp3) is 0.0833. The van der Waals surface area contributed by atoms with Crippen molar-refractivity contribution in [2.24, 2.45) is 0 Å². The summed E-state index contributed by atoms with van der Waals surface area (Å²) in [4.78, 5) is 25.6. The zero-order valence-electron chi connectivity index (χ0n) is 16.5. The Morgan fingerprint density at radius 1 is 0.967 bits per heavy atom. The summed E-state index contributed by atoms with van der Waals surface area (Å²) >= 11 is 0. The van der Waals surface area contributed by atoms with E-state index in [1.807, 2.05) is 19.1 Å². The largest absolute Gasteiger partial charge is 0.508 e. The quantitative estimate of drug-likeness (QED) is 0.517. The van der Waals surface area contributed by atoms with Crippen LogP contribution < -0.4 is 15.4 Å². The number of hydrogen-bond donors (Lipinski definition) is 3. The Labute approximate surface area is 174 Å².